The van der Waals surface area contributed by atoms with Crippen LogP contribution in [-0.2, 0) is 14.4 Å². The van der Waals surface area contributed by atoms with Crippen molar-refractivity contribution in [3.8, 4) is 11.5 Å². The maximum atomic E-state index is 13.2. The van der Waals surface area contributed by atoms with E-state index < -0.39 is 23.5 Å². The summed E-state index contributed by atoms with van der Waals surface area (Å²) in [5, 5.41) is 14.1. The van der Waals surface area contributed by atoms with Gasteiger partial charge in [-0.2, -0.15) is 0 Å². The number of benzene rings is 2. The molecule has 1 fully saturated rings. The van der Waals surface area contributed by atoms with Crippen molar-refractivity contribution in [3.63, 3.8) is 0 Å². The molecule has 1 aliphatic heterocycles. The molecular formula is C25H21ClN2O7. The predicted octanol–water partition coefficient (Wildman–Crippen LogP) is 4.53. The molecule has 35 heavy (non-hydrogen) atoms. The Labute approximate surface area is 205 Å². The third-order valence-electron chi connectivity index (χ3n) is 5.45. The van der Waals surface area contributed by atoms with Crippen molar-refractivity contribution in [2.45, 2.75) is 13.0 Å². The summed E-state index contributed by atoms with van der Waals surface area (Å²) in [5.41, 5.74) is 0.788. The summed E-state index contributed by atoms with van der Waals surface area (Å²) in [7, 11) is 2.82. The molecule has 180 valence electrons. The lowest BCUT2D eigenvalue weighted by molar-refractivity contribution is -0.132. The number of anilines is 2. The number of ketones is 1. The summed E-state index contributed by atoms with van der Waals surface area (Å²) in [5.74, 6) is -1.75. The number of nitrogens with one attached hydrogen (secondary N) is 1. The summed E-state index contributed by atoms with van der Waals surface area (Å²) in [6, 6.07) is 11.4. The highest BCUT2D eigenvalue weighted by molar-refractivity contribution is 6.51. The number of Topliss-reactive ketones (excluding diaryl/α,β-unsaturated/α-hetero) is 1. The van der Waals surface area contributed by atoms with Gasteiger partial charge in [-0.05, 0) is 42.5 Å². The maximum Gasteiger partial charge on any atom is 0.300 e. The van der Waals surface area contributed by atoms with Crippen LogP contribution < -0.4 is 19.7 Å². The highest BCUT2D eigenvalue weighted by Crippen LogP contribution is 2.44. The van der Waals surface area contributed by atoms with Gasteiger partial charge in [0.1, 0.15) is 29.1 Å². The predicted molar refractivity (Wildman–Crippen MR) is 129 cm³/mol. The number of rotatable bonds is 6. The Bertz CT molecular complexity index is 1330. The number of furan rings is 1. The molecule has 3 aromatic rings. The van der Waals surface area contributed by atoms with Crippen LogP contribution in [0.1, 0.15) is 24.3 Å². The van der Waals surface area contributed by atoms with Crippen molar-refractivity contribution >= 4 is 46.3 Å². The number of amides is 2. The first-order valence-electron chi connectivity index (χ1n) is 10.4. The smallest absolute Gasteiger partial charge is 0.300 e. The minimum atomic E-state index is -1.07. The van der Waals surface area contributed by atoms with Crippen LogP contribution in [0.2, 0.25) is 5.02 Å². The fraction of sp³-hybridized carbons (Fsp3) is 0.160. The molecule has 4 rings (SSSR count). The zero-order chi connectivity index (χ0) is 25.3. The van der Waals surface area contributed by atoms with Crippen molar-refractivity contribution in [1.29, 1.82) is 0 Å². The minimum Gasteiger partial charge on any atom is -0.507 e. The molecule has 0 bridgehead atoms. The third kappa shape index (κ3) is 4.33. The number of hydrogen-bond acceptors (Lipinski definition) is 7. The largest absolute Gasteiger partial charge is 0.507 e. The van der Waals surface area contributed by atoms with Gasteiger partial charge in [-0.15, -0.1) is 0 Å². The number of nitrogens with zero attached hydrogens (tertiary/aromatic N) is 1. The molecule has 1 unspecified atom stereocenters. The lowest BCUT2D eigenvalue weighted by Gasteiger charge is -2.23. The number of halogens is 1. The van der Waals surface area contributed by atoms with Gasteiger partial charge >= 0.3 is 0 Å². The molecule has 10 heteroatoms. The Morgan fingerprint density at radius 1 is 1.09 bits per heavy atom. The number of hydrogen-bond donors (Lipinski definition) is 2. The van der Waals surface area contributed by atoms with Crippen molar-refractivity contribution in [2.24, 2.45) is 0 Å². The Morgan fingerprint density at radius 3 is 2.34 bits per heavy atom. The normalized spacial score (nSPS) is 16.9. The van der Waals surface area contributed by atoms with Gasteiger partial charge in [0.2, 0.25) is 5.91 Å². The second-order valence-electron chi connectivity index (χ2n) is 7.60. The average Bonchev–Trinajstić information content (AvgIpc) is 3.45. The highest BCUT2D eigenvalue weighted by atomic mass is 35.5. The first-order valence-corrected chi connectivity index (χ1v) is 10.8. The number of ether oxygens (including phenoxy) is 2. The first-order chi connectivity index (χ1) is 16.8. The van der Waals surface area contributed by atoms with Gasteiger partial charge in [-0.3, -0.25) is 19.3 Å². The second-order valence-corrected chi connectivity index (χ2v) is 8.01. The van der Waals surface area contributed by atoms with E-state index in [1.165, 1.54) is 44.4 Å². The number of methoxy groups -OCH3 is 2. The molecule has 2 amide bonds. The van der Waals surface area contributed by atoms with E-state index in [0.717, 1.165) is 0 Å². The molecule has 1 aliphatic rings. The SMILES string of the molecule is COc1cc(OC)c(/C(O)=C2/C(=O)C(=O)N(c3ccc(NC(C)=O)cc3)C2c2ccco2)cc1Cl. The number of carbonyl (C=O) groups excluding carboxylic acids is 3. The van der Waals surface area contributed by atoms with Crippen molar-refractivity contribution in [2.75, 3.05) is 24.4 Å². The van der Waals surface area contributed by atoms with Gasteiger partial charge < -0.3 is 24.3 Å². The lowest BCUT2D eigenvalue weighted by atomic mass is 9.98. The monoisotopic (exact) mass is 496 g/mol. The molecule has 0 radical (unpaired) electrons. The van der Waals surface area contributed by atoms with Crippen molar-refractivity contribution < 1.29 is 33.4 Å². The van der Waals surface area contributed by atoms with Crippen molar-refractivity contribution in [1.82, 2.24) is 0 Å². The lowest BCUT2D eigenvalue weighted by Crippen LogP contribution is -2.29. The Morgan fingerprint density at radius 2 is 1.77 bits per heavy atom. The fourth-order valence-corrected chi connectivity index (χ4v) is 4.15. The second kappa shape index (κ2) is 9.55. The van der Waals surface area contributed by atoms with Gasteiger partial charge in [0.05, 0.1) is 36.6 Å². The molecular weight excluding hydrogens is 476 g/mol. The highest BCUT2D eigenvalue weighted by Gasteiger charge is 2.48. The standard InChI is InChI=1S/C25H21ClN2O7/c1-13(29)27-14-6-8-15(9-7-14)28-22(18-5-4-10-35-18)21(24(31)25(28)32)23(30)16-11-17(26)20(34-3)12-19(16)33-2/h4-12,22,30H,1-3H3,(H,27,29)/b23-21-. The van der Waals surface area contributed by atoms with E-state index in [4.69, 9.17) is 25.5 Å². The van der Waals surface area contributed by atoms with Crippen LogP contribution >= 0.6 is 11.6 Å². The number of aliphatic hydroxyl groups is 1. The molecule has 1 saturated heterocycles. The Hall–Kier alpha value is -4.24. The van der Waals surface area contributed by atoms with E-state index in [1.54, 1.807) is 36.4 Å². The molecule has 9 nitrogen and oxygen atoms in total. The van der Waals surface area contributed by atoms with Crippen LogP contribution in [0.4, 0.5) is 11.4 Å². The van der Waals surface area contributed by atoms with Gasteiger partial charge in [0.25, 0.3) is 11.7 Å². The van der Waals surface area contributed by atoms with Crippen molar-refractivity contribution in [3.05, 3.63) is 76.7 Å². The zero-order valence-corrected chi connectivity index (χ0v) is 19.8. The van der Waals surface area contributed by atoms with Crippen LogP contribution in [0.25, 0.3) is 5.76 Å². The molecule has 0 spiro atoms. The first kappa shape index (κ1) is 23.9. The van der Waals surface area contributed by atoms with E-state index in [-0.39, 0.29) is 33.6 Å². The van der Waals surface area contributed by atoms with E-state index in [0.29, 0.717) is 17.1 Å². The van der Waals surface area contributed by atoms with Crippen LogP contribution in [0.3, 0.4) is 0 Å². The van der Waals surface area contributed by atoms with E-state index in [1.807, 2.05) is 0 Å². The average molecular weight is 497 g/mol. The van der Waals surface area contributed by atoms with Crippen LogP contribution in [0.5, 0.6) is 11.5 Å². The Balaban J connectivity index is 1.89. The molecule has 0 saturated carbocycles. The minimum absolute atomic E-state index is 0.105. The van der Waals surface area contributed by atoms with Crippen LogP contribution in [0, 0.1) is 0 Å². The summed E-state index contributed by atoms with van der Waals surface area (Å²) in [6.07, 6.45) is 1.40. The summed E-state index contributed by atoms with van der Waals surface area (Å²) >= 11 is 6.26. The zero-order valence-electron chi connectivity index (χ0n) is 19.0. The molecule has 2 heterocycles. The maximum absolute atomic E-state index is 13.2. The van der Waals surface area contributed by atoms with Gasteiger partial charge in [-0.25, -0.2) is 0 Å². The van der Waals surface area contributed by atoms with Gasteiger partial charge in [0.15, 0.2) is 0 Å². The summed E-state index contributed by atoms with van der Waals surface area (Å²) in [6.45, 7) is 1.38. The molecule has 1 atom stereocenters. The molecule has 2 aromatic carbocycles. The Kier molecular flexibility index (Phi) is 6.52. The summed E-state index contributed by atoms with van der Waals surface area (Å²) in [4.78, 5) is 39.0. The van der Waals surface area contributed by atoms with E-state index in [2.05, 4.69) is 5.32 Å². The molecule has 1 aromatic heterocycles. The topological polar surface area (TPSA) is 118 Å². The van der Waals surface area contributed by atoms with E-state index >= 15 is 0 Å². The fourth-order valence-electron chi connectivity index (χ4n) is 3.91. The van der Waals surface area contributed by atoms with Gasteiger partial charge in [0, 0.05) is 24.4 Å². The third-order valence-corrected chi connectivity index (χ3v) is 5.75. The summed E-state index contributed by atoms with van der Waals surface area (Å²) < 4.78 is 16.1. The molecule has 2 N–H and O–H groups in total. The van der Waals surface area contributed by atoms with Crippen LogP contribution in [0.15, 0.2) is 64.8 Å². The van der Waals surface area contributed by atoms with E-state index in [9.17, 15) is 19.5 Å². The number of aliphatic hydroxyl groups excluding tert-OH is 1. The quantitative estimate of drug-likeness (QED) is 0.292. The van der Waals surface area contributed by atoms with Gasteiger partial charge in [-0.1, -0.05) is 11.6 Å². The number of carbonyl (C=O) groups is 3. The van der Waals surface area contributed by atoms with Crippen LogP contribution in [-0.4, -0.2) is 36.9 Å². The molecule has 0 aliphatic carbocycles.